The Morgan fingerprint density at radius 1 is 1.59 bits per heavy atom. The van der Waals surface area contributed by atoms with Gasteiger partial charge in [-0.05, 0) is 12.0 Å². The maximum atomic E-state index is 12.3. The van der Waals surface area contributed by atoms with Crippen LogP contribution in [0.1, 0.15) is 10.4 Å². The molecule has 0 atom stereocenters. The number of hydrogen-bond donors (Lipinski definition) is 0. The molecule has 17 heavy (non-hydrogen) atoms. The minimum atomic E-state index is 0.0232. The van der Waals surface area contributed by atoms with Crippen molar-refractivity contribution in [3.05, 3.63) is 27.1 Å². The van der Waals surface area contributed by atoms with E-state index in [-0.39, 0.29) is 5.56 Å². The van der Waals surface area contributed by atoms with Crippen molar-refractivity contribution >= 4 is 33.2 Å². The Balaban J connectivity index is 2.27. The van der Waals surface area contributed by atoms with E-state index in [1.807, 2.05) is 0 Å². The SMILES string of the molecule is O=c1c2c3c(sc2ncn1CCCl)COCC3. The number of alkyl halides is 1. The Morgan fingerprint density at radius 3 is 3.29 bits per heavy atom. The molecule has 0 unspecified atom stereocenters. The number of hydrogen-bond acceptors (Lipinski definition) is 4. The predicted octanol–water partition coefficient (Wildman–Crippen LogP) is 1.77. The quantitative estimate of drug-likeness (QED) is 0.781. The van der Waals surface area contributed by atoms with Crippen LogP contribution in [-0.4, -0.2) is 22.0 Å². The summed E-state index contributed by atoms with van der Waals surface area (Å²) in [6.07, 6.45) is 2.38. The zero-order chi connectivity index (χ0) is 11.8. The first-order valence-electron chi connectivity index (χ1n) is 5.44. The van der Waals surface area contributed by atoms with Gasteiger partial charge in [-0.15, -0.1) is 22.9 Å². The van der Waals surface area contributed by atoms with Crippen LogP contribution >= 0.6 is 22.9 Å². The van der Waals surface area contributed by atoms with Crippen molar-refractivity contribution in [2.24, 2.45) is 0 Å². The lowest BCUT2D eigenvalue weighted by Gasteiger charge is -2.11. The molecule has 4 nitrogen and oxygen atoms in total. The summed E-state index contributed by atoms with van der Waals surface area (Å²) in [6.45, 7) is 1.79. The Labute approximate surface area is 107 Å². The molecular weight excluding hydrogens is 260 g/mol. The number of aryl methyl sites for hydroxylation is 1. The second kappa shape index (κ2) is 4.40. The van der Waals surface area contributed by atoms with Crippen molar-refractivity contribution < 1.29 is 4.74 Å². The lowest BCUT2D eigenvalue weighted by atomic mass is 10.1. The van der Waals surface area contributed by atoms with Gasteiger partial charge in [-0.1, -0.05) is 0 Å². The number of aromatic nitrogens is 2. The van der Waals surface area contributed by atoms with Crippen LogP contribution in [0.4, 0.5) is 0 Å². The Kier molecular flexibility index (Phi) is 2.90. The molecule has 0 fully saturated rings. The van der Waals surface area contributed by atoms with Crippen LogP contribution in [0.2, 0.25) is 0 Å². The highest BCUT2D eigenvalue weighted by Gasteiger charge is 2.20. The molecule has 0 saturated heterocycles. The van der Waals surface area contributed by atoms with Gasteiger partial charge in [-0.2, -0.15) is 0 Å². The van der Waals surface area contributed by atoms with Crippen LogP contribution in [-0.2, 0) is 24.3 Å². The minimum Gasteiger partial charge on any atom is -0.376 e. The van der Waals surface area contributed by atoms with Crippen LogP contribution < -0.4 is 5.56 Å². The zero-order valence-corrected chi connectivity index (χ0v) is 10.7. The van der Waals surface area contributed by atoms with Gasteiger partial charge in [0.2, 0.25) is 0 Å². The summed E-state index contributed by atoms with van der Waals surface area (Å²) in [6, 6.07) is 0. The first-order valence-corrected chi connectivity index (χ1v) is 6.79. The molecule has 2 aromatic rings. The Hall–Kier alpha value is -0.910. The summed E-state index contributed by atoms with van der Waals surface area (Å²) in [5, 5.41) is 0.765. The van der Waals surface area contributed by atoms with E-state index in [4.69, 9.17) is 16.3 Å². The monoisotopic (exact) mass is 270 g/mol. The molecule has 0 bridgehead atoms. The fourth-order valence-electron chi connectivity index (χ4n) is 2.10. The van der Waals surface area contributed by atoms with Gasteiger partial charge >= 0.3 is 0 Å². The van der Waals surface area contributed by atoms with Crippen LogP contribution in [0, 0.1) is 0 Å². The van der Waals surface area contributed by atoms with Gasteiger partial charge in [0.15, 0.2) is 0 Å². The standard InChI is InChI=1S/C11H11ClN2O2S/c12-2-3-14-6-13-10-9(11(14)15)7-1-4-16-5-8(7)17-10/h6H,1-5H2. The third-order valence-corrected chi connectivity index (χ3v) is 4.20. The molecule has 0 spiro atoms. The molecule has 6 heteroatoms. The molecule has 0 aliphatic carbocycles. The highest BCUT2D eigenvalue weighted by molar-refractivity contribution is 7.18. The number of ether oxygens (including phenoxy) is 1. The molecule has 0 N–H and O–H groups in total. The largest absolute Gasteiger partial charge is 0.376 e. The summed E-state index contributed by atoms with van der Waals surface area (Å²) in [5.41, 5.74) is 1.15. The molecule has 3 rings (SSSR count). The highest BCUT2D eigenvalue weighted by Crippen LogP contribution is 2.30. The minimum absolute atomic E-state index is 0.0232. The normalized spacial score (nSPS) is 15.1. The van der Waals surface area contributed by atoms with Crippen molar-refractivity contribution in [2.75, 3.05) is 12.5 Å². The predicted molar refractivity (Wildman–Crippen MR) is 68.0 cm³/mol. The van der Waals surface area contributed by atoms with Gasteiger partial charge < -0.3 is 4.74 Å². The van der Waals surface area contributed by atoms with Gasteiger partial charge in [0.05, 0.1) is 24.9 Å². The van der Waals surface area contributed by atoms with Crippen LogP contribution in [0.5, 0.6) is 0 Å². The molecule has 2 aromatic heterocycles. The van der Waals surface area contributed by atoms with Crippen molar-refractivity contribution in [1.82, 2.24) is 9.55 Å². The topological polar surface area (TPSA) is 44.1 Å². The van der Waals surface area contributed by atoms with E-state index in [1.165, 1.54) is 0 Å². The van der Waals surface area contributed by atoms with E-state index >= 15 is 0 Å². The molecule has 90 valence electrons. The van der Waals surface area contributed by atoms with Crippen LogP contribution in [0.25, 0.3) is 10.2 Å². The third kappa shape index (κ3) is 1.78. The lowest BCUT2D eigenvalue weighted by Crippen LogP contribution is -2.22. The van der Waals surface area contributed by atoms with Crippen molar-refractivity contribution in [2.45, 2.75) is 19.6 Å². The maximum Gasteiger partial charge on any atom is 0.262 e. The molecule has 0 amide bonds. The summed E-state index contributed by atoms with van der Waals surface area (Å²) in [7, 11) is 0. The fraction of sp³-hybridized carbons (Fsp3) is 0.455. The third-order valence-electron chi connectivity index (χ3n) is 2.92. The number of halogens is 1. The number of thiophene rings is 1. The lowest BCUT2D eigenvalue weighted by molar-refractivity contribution is 0.114. The summed E-state index contributed by atoms with van der Waals surface area (Å²) in [4.78, 5) is 18.6. The maximum absolute atomic E-state index is 12.3. The highest BCUT2D eigenvalue weighted by atomic mass is 35.5. The van der Waals surface area contributed by atoms with Gasteiger partial charge in [-0.3, -0.25) is 9.36 Å². The molecule has 0 saturated carbocycles. The van der Waals surface area contributed by atoms with Crippen molar-refractivity contribution in [3.8, 4) is 0 Å². The molecule has 0 aromatic carbocycles. The summed E-state index contributed by atoms with van der Waals surface area (Å²) < 4.78 is 6.98. The average molecular weight is 271 g/mol. The van der Waals surface area contributed by atoms with E-state index in [0.29, 0.717) is 25.6 Å². The van der Waals surface area contributed by atoms with Crippen molar-refractivity contribution in [3.63, 3.8) is 0 Å². The van der Waals surface area contributed by atoms with E-state index < -0.39 is 0 Å². The molecule has 1 aliphatic rings. The van der Waals surface area contributed by atoms with Gasteiger partial charge in [-0.25, -0.2) is 4.98 Å². The molecule has 3 heterocycles. The van der Waals surface area contributed by atoms with Gasteiger partial charge in [0.1, 0.15) is 4.83 Å². The summed E-state index contributed by atoms with van der Waals surface area (Å²) in [5.74, 6) is 0.419. The zero-order valence-electron chi connectivity index (χ0n) is 9.11. The summed E-state index contributed by atoms with van der Waals surface area (Å²) >= 11 is 7.23. The van der Waals surface area contributed by atoms with Gasteiger partial charge in [0, 0.05) is 17.3 Å². The van der Waals surface area contributed by atoms with E-state index in [0.717, 1.165) is 27.1 Å². The molecule has 0 radical (unpaired) electrons. The first-order chi connectivity index (χ1) is 8.31. The van der Waals surface area contributed by atoms with Crippen molar-refractivity contribution in [1.29, 1.82) is 0 Å². The number of rotatable bonds is 2. The average Bonchev–Trinajstić information content (AvgIpc) is 2.72. The molecule has 1 aliphatic heterocycles. The van der Waals surface area contributed by atoms with E-state index in [2.05, 4.69) is 4.98 Å². The Bertz CT molecular complexity index is 620. The number of nitrogens with zero attached hydrogens (tertiary/aromatic N) is 2. The fourth-order valence-corrected chi connectivity index (χ4v) is 3.40. The van der Waals surface area contributed by atoms with E-state index in [9.17, 15) is 4.79 Å². The number of fused-ring (bicyclic) bond motifs is 3. The molecular formula is C11H11ClN2O2S. The van der Waals surface area contributed by atoms with Crippen LogP contribution in [0.15, 0.2) is 11.1 Å². The van der Waals surface area contributed by atoms with Crippen LogP contribution in [0.3, 0.4) is 0 Å². The Morgan fingerprint density at radius 2 is 2.47 bits per heavy atom. The first kappa shape index (κ1) is 11.2. The second-order valence-electron chi connectivity index (χ2n) is 3.92. The van der Waals surface area contributed by atoms with Gasteiger partial charge in [0.25, 0.3) is 5.56 Å². The smallest absolute Gasteiger partial charge is 0.262 e. The van der Waals surface area contributed by atoms with E-state index in [1.54, 1.807) is 22.2 Å². The second-order valence-corrected chi connectivity index (χ2v) is 5.38.